The minimum atomic E-state index is 0.589. The smallest absolute Gasteiger partial charge is 0.00326 e. The van der Waals surface area contributed by atoms with Gasteiger partial charge < -0.3 is 5.32 Å². The van der Waals surface area contributed by atoms with Crippen molar-refractivity contribution in [3.05, 3.63) is 70.8 Å². The van der Waals surface area contributed by atoms with E-state index >= 15 is 0 Å². The van der Waals surface area contributed by atoms with Crippen LogP contribution in [0.25, 0.3) is 0 Å². The molecule has 0 spiro atoms. The summed E-state index contributed by atoms with van der Waals surface area (Å²) in [5, 5.41) is 3.56. The van der Waals surface area contributed by atoms with E-state index in [2.05, 4.69) is 67.7 Å². The van der Waals surface area contributed by atoms with Crippen molar-refractivity contribution in [3.8, 4) is 0 Å². The van der Waals surface area contributed by atoms with Crippen LogP contribution >= 0.6 is 0 Å². The van der Waals surface area contributed by atoms with Crippen molar-refractivity contribution in [1.82, 2.24) is 5.32 Å². The van der Waals surface area contributed by atoms with E-state index in [0.717, 1.165) is 13.1 Å². The molecular weight excluding hydrogens is 242 g/mol. The molecule has 1 nitrogen and oxygen atoms in total. The first-order chi connectivity index (χ1) is 9.74. The fraction of sp³-hybridized carbons (Fsp3) is 0.368. The number of rotatable bonds is 2. The van der Waals surface area contributed by atoms with Gasteiger partial charge in [-0.05, 0) is 43.9 Å². The highest BCUT2D eigenvalue weighted by Gasteiger charge is 2.27. The van der Waals surface area contributed by atoms with Crippen molar-refractivity contribution in [2.45, 2.75) is 32.1 Å². The highest BCUT2D eigenvalue weighted by molar-refractivity contribution is 5.35. The highest BCUT2D eigenvalue weighted by atomic mass is 14.9. The Labute approximate surface area is 122 Å². The van der Waals surface area contributed by atoms with Gasteiger partial charge in [0.05, 0.1) is 0 Å². The number of nitrogens with one attached hydrogen (secondary N) is 1. The normalized spacial score (nSPS) is 22.7. The number of benzene rings is 2. The zero-order chi connectivity index (χ0) is 13.9. The first kappa shape index (κ1) is 13.4. The van der Waals surface area contributed by atoms with Gasteiger partial charge >= 0.3 is 0 Å². The van der Waals surface area contributed by atoms with Crippen LogP contribution < -0.4 is 5.32 Å². The van der Waals surface area contributed by atoms with Crippen LogP contribution in [0, 0.1) is 13.8 Å². The van der Waals surface area contributed by atoms with Crippen LogP contribution in [-0.4, -0.2) is 13.1 Å². The summed E-state index contributed by atoms with van der Waals surface area (Å²) in [6.45, 7) is 6.62. The van der Waals surface area contributed by atoms with Crippen molar-refractivity contribution >= 4 is 0 Å². The predicted octanol–water partition coefficient (Wildman–Crippen LogP) is 4.16. The average Bonchev–Trinajstić information content (AvgIpc) is 2.47. The molecule has 1 heteroatoms. The number of hydrogen-bond donors (Lipinski definition) is 1. The molecule has 1 heterocycles. The van der Waals surface area contributed by atoms with Gasteiger partial charge in [-0.15, -0.1) is 0 Å². The predicted molar refractivity (Wildman–Crippen MR) is 85.3 cm³/mol. The van der Waals surface area contributed by atoms with E-state index in [-0.39, 0.29) is 0 Å². The summed E-state index contributed by atoms with van der Waals surface area (Å²) in [4.78, 5) is 0. The van der Waals surface area contributed by atoms with E-state index in [4.69, 9.17) is 0 Å². The van der Waals surface area contributed by atoms with E-state index in [0.29, 0.717) is 11.8 Å². The molecule has 0 saturated carbocycles. The Morgan fingerprint density at radius 3 is 2.25 bits per heavy atom. The lowest BCUT2D eigenvalue weighted by atomic mass is 9.77. The summed E-state index contributed by atoms with van der Waals surface area (Å²) in [7, 11) is 0. The van der Waals surface area contributed by atoms with Gasteiger partial charge in [0.25, 0.3) is 0 Å². The molecule has 2 aromatic carbocycles. The van der Waals surface area contributed by atoms with Crippen LogP contribution in [0.3, 0.4) is 0 Å². The van der Waals surface area contributed by atoms with Crippen LogP contribution in [0.1, 0.15) is 40.5 Å². The third kappa shape index (κ3) is 2.78. The molecule has 1 saturated heterocycles. The van der Waals surface area contributed by atoms with Gasteiger partial charge in [0.2, 0.25) is 0 Å². The lowest BCUT2D eigenvalue weighted by Crippen LogP contribution is -2.34. The van der Waals surface area contributed by atoms with Gasteiger partial charge in [-0.3, -0.25) is 0 Å². The minimum Gasteiger partial charge on any atom is -0.316 e. The summed E-state index contributed by atoms with van der Waals surface area (Å²) < 4.78 is 0. The van der Waals surface area contributed by atoms with Gasteiger partial charge in [-0.1, -0.05) is 59.7 Å². The molecule has 0 bridgehead atoms. The molecule has 1 N–H and O–H groups in total. The van der Waals surface area contributed by atoms with E-state index in [9.17, 15) is 0 Å². The van der Waals surface area contributed by atoms with E-state index in [1.54, 1.807) is 0 Å². The maximum absolute atomic E-state index is 3.56. The monoisotopic (exact) mass is 265 g/mol. The van der Waals surface area contributed by atoms with Gasteiger partial charge in [0.1, 0.15) is 0 Å². The first-order valence-corrected chi connectivity index (χ1v) is 7.58. The third-order valence-electron chi connectivity index (χ3n) is 4.38. The van der Waals surface area contributed by atoms with E-state index in [1.807, 2.05) is 0 Å². The van der Waals surface area contributed by atoms with Crippen molar-refractivity contribution < 1.29 is 0 Å². The number of aryl methyl sites for hydroxylation is 2. The van der Waals surface area contributed by atoms with Crippen molar-refractivity contribution in [2.24, 2.45) is 0 Å². The molecule has 104 valence electrons. The Morgan fingerprint density at radius 1 is 0.850 bits per heavy atom. The van der Waals surface area contributed by atoms with Crippen molar-refractivity contribution in [1.29, 1.82) is 0 Å². The fourth-order valence-electron chi connectivity index (χ4n) is 3.53. The van der Waals surface area contributed by atoms with E-state index in [1.165, 1.54) is 28.7 Å². The fourth-order valence-corrected chi connectivity index (χ4v) is 3.53. The maximum Gasteiger partial charge on any atom is 0.00326 e. The zero-order valence-corrected chi connectivity index (χ0v) is 12.4. The summed E-state index contributed by atoms with van der Waals surface area (Å²) in [5.74, 6) is 1.23. The Hall–Kier alpha value is -1.60. The zero-order valence-electron chi connectivity index (χ0n) is 12.4. The molecule has 1 fully saturated rings. The molecular formula is C19H23N. The first-order valence-electron chi connectivity index (χ1n) is 7.58. The number of hydrogen-bond acceptors (Lipinski definition) is 1. The minimum absolute atomic E-state index is 0.589. The van der Waals surface area contributed by atoms with E-state index < -0.39 is 0 Å². The molecule has 0 amide bonds. The van der Waals surface area contributed by atoms with Crippen LogP contribution in [0.4, 0.5) is 0 Å². The lowest BCUT2D eigenvalue weighted by molar-refractivity contribution is 0.404. The Balaban J connectivity index is 1.96. The second-order valence-electron chi connectivity index (χ2n) is 6.04. The SMILES string of the molecule is Cc1cc(C)cc(C2CCNCC2c2ccccc2)c1. The van der Waals surface area contributed by atoms with Crippen molar-refractivity contribution in [3.63, 3.8) is 0 Å². The van der Waals surface area contributed by atoms with Crippen molar-refractivity contribution in [2.75, 3.05) is 13.1 Å². The summed E-state index contributed by atoms with van der Waals surface area (Å²) in [6.07, 6.45) is 1.22. The van der Waals surface area contributed by atoms with Gasteiger partial charge in [0, 0.05) is 12.5 Å². The van der Waals surface area contributed by atoms with Gasteiger partial charge in [-0.25, -0.2) is 0 Å². The van der Waals surface area contributed by atoms with Crippen LogP contribution in [0.15, 0.2) is 48.5 Å². The molecule has 3 rings (SSSR count). The molecule has 20 heavy (non-hydrogen) atoms. The molecule has 2 unspecified atom stereocenters. The van der Waals surface area contributed by atoms with Crippen LogP contribution in [-0.2, 0) is 0 Å². The van der Waals surface area contributed by atoms with Gasteiger partial charge in [0.15, 0.2) is 0 Å². The molecule has 1 aliphatic heterocycles. The highest BCUT2D eigenvalue weighted by Crippen LogP contribution is 2.37. The van der Waals surface area contributed by atoms with Gasteiger partial charge in [-0.2, -0.15) is 0 Å². The summed E-state index contributed by atoms with van der Waals surface area (Å²) in [5.41, 5.74) is 5.73. The third-order valence-corrected chi connectivity index (χ3v) is 4.38. The molecule has 1 aliphatic rings. The Bertz CT molecular complexity index is 553. The molecule has 0 radical (unpaired) electrons. The maximum atomic E-state index is 3.56. The molecule has 0 aromatic heterocycles. The quantitative estimate of drug-likeness (QED) is 0.859. The molecule has 2 aromatic rings. The van der Waals surface area contributed by atoms with Crippen LogP contribution in [0.5, 0.6) is 0 Å². The summed E-state index contributed by atoms with van der Waals surface area (Å²) in [6, 6.07) is 18.0. The average molecular weight is 265 g/mol. The largest absolute Gasteiger partial charge is 0.316 e. The molecule has 2 atom stereocenters. The topological polar surface area (TPSA) is 12.0 Å². The summed E-state index contributed by atoms with van der Waals surface area (Å²) >= 11 is 0. The lowest BCUT2D eigenvalue weighted by Gasteiger charge is -2.33. The number of piperidine rings is 1. The molecule has 0 aliphatic carbocycles. The standard InChI is InChI=1S/C19H23N/c1-14-10-15(2)12-17(11-14)18-8-9-20-13-19(18)16-6-4-3-5-7-16/h3-7,10-12,18-20H,8-9,13H2,1-2H3. The van der Waals surface area contributed by atoms with Crippen LogP contribution in [0.2, 0.25) is 0 Å². The Morgan fingerprint density at radius 2 is 1.55 bits per heavy atom. The second kappa shape index (κ2) is 5.80. The Kier molecular flexibility index (Phi) is 3.88. The second-order valence-corrected chi connectivity index (χ2v) is 6.04.